The summed E-state index contributed by atoms with van der Waals surface area (Å²) in [7, 11) is 0. The molecule has 2 fully saturated rings. The van der Waals surface area contributed by atoms with Crippen LogP contribution in [-0.4, -0.2) is 72.6 Å². The molecule has 4 rings (SSSR count). The topological polar surface area (TPSA) is 79.3 Å². The lowest BCUT2D eigenvalue weighted by Crippen LogP contribution is -2.42. The third-order valence-corrected chi connectivity index (χ3v) is 6.49. The summed E-state index contributed by atoms with van der Waals surface area (Å²) in [5.41, 5.74) is 2.26. The summed E-state index contributed by atoms with van der Waals surface area (Å²) in [5.74, 6) is -1.07. The number of hydrogen-bond donors (Lipinski definition) is 1. The lowest BCUT2D eigenvalue weighted by molar-refractivity contribution is -0.140. The number of halogens is 1. The molecule has 34 heavy (non-hydrogen) atoms. The van der Waals surface area contributed by atoms with E-state index in [4.69, 9.17) is 21.1 Å². The highest BCUT2D eigenvalue weighted by Gasteiger charge is 2.46. The van der Waals surface area contributed by atoms with E-state index in [9.17, 15) is 14.7 Å². The third kappa shape index (κ3) is 4.97. The average molecular weight is 485 g/mol. The maximum Gasteiger partial charge on any atom is 0.295 e. The van der Waals surface area contributed by atoms with E-state index in [1.54, 1.807) is 23.1 Å². The second kappa shape index (κ2) is 10.6. The van der Waals surface area contributed by atoms with Crippen molar-refractivity contribution in [3.05, 3.63) is 69.8 Å². The predicted octanol–water partition coefficient (Wildman–Crippen LogP) is 3.80. The van der Waals surface area contributed by atoms with Crippen molar-refractivity contribution in [2.75, 3.05) is 46.0 Å². The smallest absolute Gasteiger partial charge is 0.295 e. The van der Waals surface area contributed by atoms with Crippen molar-refractivity contribution in [2.45, 2.75) is 19.9 Å². The van der Waals surface area contributed by atoms with Gasteiger partial charge in [0.1, 0.15) is 11.5 Å². The van der Waals surface area contributed by atoms with E-state index < -0.39 is 17.7 Å². The highest BCUT2D eigenvalue weighted by molar-refractivity contribution is 6.46. The number of hydrogen-bond acceptors (Lipinski definition) is 6. The van der Waals surface area contributed by atoms with E-state index in [1.807, 2.05) is 38.1 Å². The van der Waals surface area contributed by atoms with Crippen molar-refractivity contribution >= 4 is 29.1 Å². The van der Waals surface area contributed by atoms with Crippen molar-refractivity contribution in [1.82, 2.24) is 9.80 Å². The second-order valence-electron chi connectivity index (χ2n) is 8.44. The van der Waals surface area contributed by atoms with Crippen molar-refractivity contribution in [2.24, 2.45) is 0 Å². The van der Waals surface area contributed by atoms with Crippen LogP contribution in [0, 0.1) is 6.92 Å². The van der Waals surface area contributed by atoms with E-state index in [0.29, 0.717) is 49.2 Å². The van der Waals surface area contributed by atoms with Crippen LogP contribution in [0.5, 0.6) is 5.75 Å². The van der Waals surface area contributed by atoms with Gasteiger partial charge in [-0.15, -0.1) is 0 Å². The molecule has 0 bridgehead atoms. The fraction of sp³-hybridized carbons (Fsp3) is 0.385. The van der Waals surface area contributed by atoms with Crippen LogP contribution in [0.15, 0.2) is 48.0 Å². The zero-order valence-corrected chi connectivity index (χ0v) is 20.2. The number of aryl methyl sites for hydroxylation is 1. The molecule has 1 unspecified atom stereocenters. The van der Waals surface area contributed by atoms with Crippen molar-refractivity contribution < 1.29 is 24.2 Å². The number of ketones is 1. The molecule has 1 atom stereocenters. The number of rotatable bonds is 7. The Balaban J connectivity index is 1.73. The van der Waals surface area contributed by atoms with E-state index in [-0.39, 0.29) is 11.3 Å². The van der Waals surface area contributed by atoms with Gasteiger partial charge in [-0.25, -0.2) is 0 Å². The first-order valence-corrected chi connectivity index (χ1v) is 11.9. The van der Waals surface area contributed by atoms with Gasteiger partial charge < -0.3 is 19.5 Å². The van der Waals surface area contributed by atoms with Gasteiger partial charge in [-0.1, -0.05) is 41.4 Å². The maximum absolute atomic E-state index is 13.2. The number of Topliss-reactive ketones (excluding diaryl/α,β-unsaturated/α-hetero) is 1. The molecule has 2 heterocycles. The minimum absolute atomic E-state index is 0.0658. The molecular formula is C26H29ClN2O5. The Kier molecular flexibility index (Phi) is 7.56. The number of likely N-dealkylation sites (tertiary alicyclic amines) is 1. The molecule has 2 aromatic carbocycles. The molecule has 0 aliphatic carbocycles. The van der Waals surface area contributed by atoms with Gasteiger partial charge in [-0.2, -0.15) is 0 Å². The first-order chi connectivity index (χ1) is 16.4. The first-order valence-electron chi connectivity index (χ1n) is 11.5. The average Bonchev–Trinajstić information content (AvgIpc) is 3.09. The summed E-state index contributed by atoms with van der Waals surface area (Å²) >= 11 is 6.32. The zero-order valence-electron chi connectivity index (χ0n) is 19.4. The molecule has 1 N–H and O–H groups in total. The SMILES string of the molecule is CCOc1ccc(C(O)=C2C(=O)C(=O)N(CCN3CCOCC3)C2c2ccc(C)cc2)cc1Cl. The second-order valence-corrected chi connectivity index (χ2v) is 8.84. The summed E-state index contributed by atoms with van der Waals surface area (Å²) in [4.78, 5) is 30.1. The van der Waals surface area contributed by atoms with Crippen LogP contribution in [-0.2, 0) is 14.3 Å². The largest absolute Gasteiger partial charge is 0.507 e. The zero-order chi connectivity index (χ0) is 24.2. The number of benzene rings is 2. The molecule has 0 aromatic heterocycles. The lowest BCUT2D eigenvalue weighted by Gasteiger charge is -2.31. The molecule has 2 aliphatic heterocycles. The van der Waals surface area contributed by atoms with Gasteiger partial charge in [0.05, 0.1) is 36.5 Å². The summed E-state index contributed by atoms with van der Waals surface area (Å²) < 4.78 is 10.9. The molecule has 180 valence electrons. The molecule has 7 nitrogen and oxygen atoms in total. The minimum Gasteiger partial charge on any atom is -0.507 e. The Morgan fingerprint density at radius 2 is 1.82 bits per heavy atom. The van der Waals surface area contributed by atoms with E-state index in [2.05, 4.69) is 4.90 Å². The highest BCUT2D eigenvalue weighted by atomic mass is 35.5. The Morgan fingerprint density at radius 3 is 2.47 bits per heavy atom. The van der Waals surface area contributed by atoms with Crippen LogP contribution in [0.4, 0.5) is 0 Å². The first kappa shape index (κ1) is 24.3. The normalized spacial score (nSPS) is 20.7. The van der Waals surface area contributed by atoms with Crippen molar-refractivity contribution in [3.63, 3.8) is 0 Å². The van der Waals surface area contributed by atoms with Gasteiger partial charge in [0, 0.05) is 31.7 Å². The molecule has 2 aromatic rings. The Morgan fingerprint density at radius 1 is 1.12 bits per heavy atom. The number of morpholine rings is 1. The van der Waals surface area contributed by atoms with Gasteiger partial charge >= 0.3 is 0 Å². The Labute approximate surface area is 204 Å². The van der Waals surface area contributed by atoms with Gasteiger partial charge in [-0.05, 0) is 37.6 Å². The Bertz CT molecular complexity index is 1090. The fourth-order valence-electron chi connectivity index (χ4n) is 4.36. The standard InChI is InChI=1S/C26H29ClN2O5/c1-3-34-21-9-8-19(16-20(21)27)24(30)22-23(18-6-4-17(2)5-7-18)29(26(32)25(22)31)11-10-28-12-14-33-15-13-28/h4-9,16,23,30H,3,10-15H2,1-2H3. The number of carbonyl (C=O) groups is 2. The number of ether oxygens (including phenoxy) is 2. The quantitative estimate of drug-likeness (QED) is 0.366. The third-order valence-electron chi connectivity index (χ3n) is 6.20. The minimum atomic E-state index is -0.699. The van der Waals surface area contributed by atoms with Crippen molar-refractivity contribution in [3.8, 4) is 5.75 Å². The molecule has 1 amide bonds. The summed E-state index contributed by atoms with van der Waals surface area (Å²) in [6, 6.07) is 11.8. The highest BCUT2D eigenvalue weighted by Crippen LogP contribution is 2.40. The van der Waals surface area contributed by atoms with Crippen LogP contribution >= 0.6 is 11.6 Å². The molecular weight excluding hydrogens is 456 g/mol. The van der Waals surface area contributed by atoms with Gasteiger partial charge in [0.15, 0.2) is 0 Å². The van der Waals surface area contributed by atoms with Gasteiger partial charge in [-0.3, -0.25) is 14.5 Å². The summed E-state index contributed by atoms with van der Waals surface area (Å²) in [6.45, 7) is 8.13. The number of amides is 1. The van der Waals surface area contributed by atoms with Gasteiger partial charge in [0.25, 0.3) is 11.7 Å². The van der Waals surface area contributed by atoms with Crippen LogP contribution in [0.25, 0.3) is 5.76 Å². The summed E-state index contributed by atoms with van der Waals surface area (Å²) in [5, 5.41) is 11.5. The summed E-state index contributed by atoms with van der Waals surface area (Å²) in [6.07, 6.45) is 0. The number of nitrogens with zero attached hydrogens (tertiary/aromatic N) is 2. The molecule has 0 saturated carbocycles. The van der Waals surface area contributed by atoms with Crippen molar-refractivity contribution in [1.29, 1.82) is 0 Å². The van der Waals surface area contributed by atoms with Crippen LogP contribution in [0.2, 0.25) is 5.02 Å². The molecule has 2 aliphatic rings. The Hall–Kier alpha value is -2.87. The molecule has 0 radical (unpaired) electrons. The van der Waals surface area contributed by atoms with Gasteiger partial charge in [0.2, 0.25) is 0 Å². The molecule has 8 heteroatoms. The molecule has 0 spiro atoms. The van der Waals surface area contributed by atoms with E-state index >= 15 is 0 Å². The lowest BCUT2D eigenvalue weighted by atomic mass is 9.94. The van der Waals surface area contributed by atoms with E-state index in [1.165, 1.54) is 0 Å². The number of carbonyl (C=O) groups excluding carboxylic acids is 2. The number of aliphatic hydroxyl groups is 1. The van der Waals surface area contributed by atoms with Crippen LogP contribution < -0.4 is 4.74 Å². The molecule has 2 saturated heterocycles. The predicted molar refractivity (Wildman–Crippen MR) is 130 cm³/mol. The monoisotopic (exact) mass is 484 g/mol. The van der Waals surface area contributed by atoms with E-state index in [0.717, 1.165) is 24.2 Å². The van der Waals surface area contributed by atoms with Crippen LogP contribution in [0.3, 0.4) is 0 Å². The number of aliphatic hydroxyl groups excluding tert-OH is 1. The van der Waals surface area contributed by atoms with Crippen LogP contribution in [0.1, 0.15) is 29.7 Å². The fourth-order valence-corrected chi connectivity index (χ4v) is 4.59. The maximum atomic E-state index is 13.2.